The average molecular weight is 480 g/mol. The van der Waals surface area contributed by atoms with Crippen LogP contribution in [0.3, 0.4) is 0 Å². The Bertz CT molecular complexity index is 875. The van der Waals surface area contributed by atoms with Crippen LogP contribution in [0.25, 0.3) is 0 Å². The number of carbonyl (C=O) groups excluding carboxylic acids is 1. The molecule has 0 radical (unpaired) electrons. The van der Waals surface area contributed by atoms with E-state index in [1.807, 2.05) is 6.07 Å². The molecule has 0 unspecified atom stereocenters. The summed E-state index contributed by atoms with van der Waals surface area (Å²) in [7, 11) is 0. The molecule has 0 atom stereocenters. The maximum atomic E-state index is 13.3. The van der Waals surface area contributed by atoms with Crippen LogP contribution in [-0.2, 0) is 19.1 Å². The van der Waals surface area contributed by atoms with Crippen LogP contribution in [0.5, 0.6) is 5.75 Å². The minimum atomic E-state index is -4.61. The number of anilines is 1. The van der Waals surface area contributed by atoms with Gasteiger partial charge in [0.25, 0.3) is 5.91 Å². The van der Waals surface area contributed by atoms with E-state index in [1.165, 1.54) is 17.7 Å². The molecule has 152 valence electrons. The third-order valence-electron chi connectivity index (χ3n) is 4.26. The standard InChI is InChI=1S/C19H18BrF3N2O2.ClH/c1-2-27-17-4-3-11(8-15(17)19(21,22)23)18(26)25-13-7-12-10-24-6-5-14(12)16(20)9-13;/h3-4,7-9,24H,2,5-6,10H2,1H3,(H,25,26);1H. The summed E-state index contributed by atoms with van der Waals surface area (Å²) in [5.74, 6) is -0.900. The van der Waals surface area contributed by atoms with E-state index in [9.17, 15) is 18.0 Å². The van der Waals surface area contributed by atoms with Crippen molar-refractivity contribution in [2.75, 3.05) is 18.5 Å². The SMILES string of the molecule is CCOc1ccc(C(=O)Nc2cc(Br)c3c(c2)CNCC3)cc1C(F)(F)F.Cl. The first kappa shape index (κ1) is 22.5. The zero-order chi connectivity index (χ0) is 19.6. The average Bonchev–Trinajstić information content (AvgIpc) is 2.61. The largest absolute Gasteiger partial charge is 0.493 e. The Balaban J connectivity index is 0.00000280. The van der Waals surface area contributed by atoms with E-state index in [0.29, 0.717) is 12.2 Å². The highest BCUT2D eigenvalue weighted by molar-refractivity contribution is 9.10. The Labute approximate surface area is 175 Å². The molecule has 1 amide bonds. The van der Waals surface area contributed by atoms with Gasteiger partial charge >= 0.3 is 6.18 Å². The van der Waals surface area contributed by atoms with Crippen molar-refractivity contribution in [3.8, 4) is 5.75 Å². The van der Waals surface area contributed by atoms with Gasteiger partial charge in [0.2, 0.25) is 0 Å². The molecule has 0 spiro atoms. The minimum absolute atomic E-state index is 0. The molecule has 4 nitrogen and oxygen atoms in total. The van der Waals surface area contributed by atoms with Gasteiger partial charge < -0.3 is 15.4 Å². The molecule has 28 heavy (non-hydrogen) atoms. The molecule has 2 N–H and O–H groups in total. The lowest BCUT2D eigenvalue weighted by Crippen LogP contribution is -2.24. The normalized spacial score (nSPS) is 13.3. The maximum Gasteiger partial charge on any atom is 0.419 e. The first-order valence-electron chi connectivity index (χ1n) is 8.47. The van der Waals surface area contributed by atoms with Gasteiger partial charge in [-0.3, -0.25) is 4.79 Å². The molecule has 0 bridgehead atoms. The number of fused-ring (bicyclic) bond motifs is 1. The molecule has 2 aromatic carbocycles. The lowest BCUT2D eigenvalue weighted by Gasteiger charge is -2.20. The third kappa shape index (κ3) is 4.98. The molecule has 1 aliphatic heterocycles. The maximum absolute atomic E-state index is 13.3. The third-order valence-corrected chi connectivity index (χ3v) is 4.97. The molecule has 0 fully saturated rings. The summed E-state index contributed by atoms with van der Waals surface area (Å²) in [5, 5.41) is 5.92. The summed E-state index contributed by atoms with van der Waals surface area (Å²) in [6.07, 6.45) is -3.74. The Morgan fingerprint density at radius 2 is 2.04 bits per heavy atom. The molecule has 2 aromatic rings. The predicted molar refractivity (Wildman–Crippen MR) is 107 cm³/mol. The zero-order valence-electron chi connectivity index (χ0n) is 15.0. The number of alkyl halides is 3. The van der Waals surface area contributed by atoms with Crippen molar-refractivity contribution in [2.24, 2.45) is 0 Å². The quantitative estimate of drug-likeness (QED) is 0.635. The molecule has 3 rings (SSSR count). The number of hydrogen-bond donors (Lipinski definition) is 2. The van der Waals surface area contributed by atoms with Gasteiger partial charge in [-0.25, -0.2) is 0 Å². The van der Waals surface area contributed by atoms with E-state index >= 15 is 0 Å². The van der Waals surface area contributed by atoms with Crippen LogP contribution in [0.1, 0.15) is 34.0 Å². The second kappa shape index (κ2) is 9.15. The summed E-state index contributed by atoms with van der Waals surface area (Å²) in [5.41, 5.74) is 1.70. The number of halogens is 5. The number of amides is 1. The van der Waals surface area contributed by atoms with Gasteiger partial charge in [0, 0.05) is 22.3 Å². The van der Waals surface area contributed by atoms with E-state index in [2.05, 4.69) is 26.6 Å². The highest BCUT2D eigenvalue weighted by Gasteiger charge is 2.35. The highest BCUT2D eigenvalue weighted by Crippen LogP contribution is 2.37. The van der Waals surface area contributed by atoms with E-state index in [4.69, 9.17) is 4.74 Å². The van der Waals surface area contributed by atoms with E-state index in [-0.39, 0.29) is 30.3 Å². The van der Waals surface area contributed by atoms with Crippen molar-refractivity contribution in [3.63, 3.8) is 0 Å². The molecular weight excluding hydrogens is 461 g/mol. The number of nitrogens with one attached hydrogen (secondary N) is 2. The Hall–Kier alpha value is -1.77. The van der Waals surface area contributed by atoms with E-state index in [1.54, 1.807) is 13.0 Å². The minimum Gasteiger partial charge on any atom is -0.493 e. The van der Waals surface area contributed by atoms with Crippen molar-refractivity contribution in [1.29, 1.82) is 0 Å². The second-order valence-electron chi connectivity index (χ2n) is 6.12. The van der Waals surface area contributed by atoms with Crippen LogP contribution in [0.4, 0.5) is 18.9 Å². The van der Waals surface area contributed by atoms with Crippen LogP contribution in [0.2, 0.25) is 0 Å². The van der Waals surface area contributed by atoms with Gasteiger partial charge in [0.1, 0.15) is 5.75 Å². The summed E-state index contributed by atoms with van der Waals surface area (Å²) >= 11 is 3.50. The van der Waals surface area contributed by atoms with Crippen molar-refractivity contribution < 1.29 is 22.7 Å². The zero-order valence-corrected chi connectivity index (χ0v) is 17.4. The fraction of sp³-hybridized carbons (Fsp3) is 0.316. The van der Waals surface area contributed by atoms with Gasteiger partial charge in [-0.2, -0.15) is 13.2 Å². The summed E-state index contributed by atoms with van der Waals surface area (Å²) < 4.78 is 45.7. The van der Waals surface area contributed by atoms with E-state index < -0.39 is 17.6 Å². The highest BCUT2D eigenvalue weighted by atomic mass is 79.9. The van der Waals surface area contributed by atoms with Crippen LogP contribution in [0, 0.1) is 0 Å². The van der Waals surface area contributed by atoms with Gasteiger partial charge in [-0.1, -0.05) is 15.9 Å². The van der Waals surface area contributed by atoms with Crippen molar-refractivity contribution in [1.82, 2.24) is 5.32 Å². The Kier molecular flexibility index (Phi) is 7.36. The van der Waals surface area contributed by atoms with Gasteiger partial charge in [0.05, 0.1) is 12.2 Å². The monoisotopic (exact) mass is 478 g/mol. The number of rotatable bonds is 4. The van der Waals surface area contributed by atoms with E-state index in [0.717, 1.165) is 29.1 Å². The summed E-state index contributed by atoms with van der Waals surface area (Å²) in [6, 6.07) is 6.92. The van der Waals surface area contributed by atoms with Crippen LogP contribution < -0.4 is 15.4 Å². The van der Waals surface area contributed by atoms with Crippen LogP contribution in [-0.4, -0.2) is 19.1 Å². The molecule has 9 heteroatoms. The first-order valence-corrected chi connectivity index (χ1v) is 9.26. The number of hydrogen-bond acceptors (Lipinski definition) is 3. The summed E-state index contributed by atoms with van der Waals surface area (Å²) in [4.78, 5) is 12.5. The van der Waals surface area contributed by atoms with Gasteiger partial charge in [-0.05, 0) is 61.3 Å². The number of carbonyl (C=O) groups is 1. The molecule has 0 saturated carbocycles. The van der Waals surface area contributed by atoms with Crippen molar-refractivity contribution in [2.45, 2.75) is 26.1 Å². The molecular formula is C19H19BrClF3N2O2. The summed E-state index contributed by atoms with van der Waals surface area (Å²) in [6.45, 7) is 3.26. The first-order chi connectivity index (χ1) is 12.8. The fourth-order valence-corrected chi connectivity index (χ4v) is 3.72. The second-order valence-corrected chi connectivity index (χ2v) is 6.97. The number of benzene rings is 2. The topological polar surface area (TPSA) is 50.4 Å². The van der Waals surface area contributed by atoms with Crippen molar-refractivity contribution in [3.05, 3.63) is 57.1 Å². The van der Waals surface area contributed by atoms with Gasteiger partial charge in [0.15, 0.2) is 0 Å². The molecule has 1 heterocycles. The number of ether oxygens (including phenoxy) is 1. The molecule has 0 aliphatic carbocycles. The molecule has 0 saturated heterocycles. The van der Waals surface area contributed by atoms with Crippen LogP contribution in [0.15, 0.2) is 34.8 Å². The smallest absolute Gasteiger partial charge is 0.419 e. The fourth-order valence-electron chi connectivity index (χ4n) is 3.02. The molecule has 1 aliphatic rings. The predicted octanol–water partition coefficient (Wildman–Crippen LogP) is 5.19. The Morgan fingerprint density at radius 1 is 1.29 bits per heavy atom. The van der Waals surface area contributed by atoms with Gasteiger partial charge in [-0.15, -0.1) is 12.4 Å². The Morgan fingerprint density at radius 3 is 2.71 bits per heavy atom. The lowest BCUT2D eigenvalue weighted by molar-refractivity contribution is -0.138. The molecule has 0 aromatic heterocycles. The van der Waals surface area contributed by atoms with Crippen molar-refractivity contribution >= 4 is 39.9 Å². The lowest BCUT2D eigenvalue weighted by atomic mass is 10.0. The van der Waals surface area contributed by atoms with Crippen LogP contribution >= 0.6 is 28.3 Å².